The van der Waals surface area contributed by atoms with Gasteiger partial charge in [0.15, 0.2) is 0 Å². The van der Waals surface area contributed by atoms with Crippen LogP contribution in [0.2, 0.25) is 0 Å². The first kappa shape index (κ1) is 13.8. The Morgan fingerprint density at radius 1 is 1.21 bits per heavy atom. The predicted octanol–water partition coefficient (Wildman–Crippen LogP) is 2.08. The molecule has 1 aromatic carbocycles. The van der Waals surface area contributed by atoms with Gasteiger partial charge in [-0.05, 0) is 40.2 Å². The fourth-order valence-electron chi connectivity index (χ4n) is 1.34. The van der Waals surface area contributed by atoms with E-state index < -0.39 is 21.4 Å². The molecule has 0 saturated carbocycles. The van der Waals surface area contributed by atoms with E-state index in [0.29, 0.717) is 4.47 Å². The number of hydrogen-bond acceptors (Lipinski definition) is 3. The number of nitrogens with one attached hydrogen (secondary N) is 2. The number of hydrogen-bond donors (Lipinski definition) is 2. The van der Waals surface area contributed by atoms with E-state index in [2.05, 4.69) is 25.6 Å². The van der Waals surface area contributed by atoms with Gasteiger partial charge in [-0.2, -0.15) is 0 Å². The lowest BCUT2D eigenvalue weighted by atomic mass is 10.3. The van der Waals surface area contributed by atoms with E-state index in [4.69, 9.17) is 0 Å². The number of rotatable bonds is 3. The molecule has 0 saturated heterocycles. The van der Waals surface area contributed by atoms with Crippen molar-refractivity contribution in [3.05, 3.63) is 57.2 Å². The van der Waals surface area contributed by atoms with E-state index in [1.807, 2.05) is 0 Å². The molecule has 5 nitrogen and oxygen atoms in total. The molecule has 0 aliphatic heterocycles. The summed E-state index contributed by atoms with van der Waals surface area (Å²) < 4.78 is 39.7. The smallest absolute Gasteiger partial charge is 0.263 e. The Hall–Kier alpha value is -1.67. The summed E-state index contributed by atoms with van der Waals surface area (Å²) in [4.78, 5) is 13.0. The minimum atomic E-state index is -3.89. The van der Waals surface area contributed by atoms with Crippen LogP contribution in [0.5, 0.6) is 0 Å². The number of sulfonamides is 1. The highest BCUT2D eigenvalue weighted by molar-refractivity contribution is 9.10. The lowest BCUT2D eigenvalue weighted by Crippen LogP contribution is -2.15. The molecule has 0 atom stereocenters. The third-order valence-electron chi connectivity index (χ3n) is 2.24. The minimum absolute atomic E-state index is 0.0752. The molecule has 0 unspecified atom stereocenters. The van der Waals surface area contributed by atoms with E-state index in [-0.39, 0.29) is 10.6 Å². The van der Waals surface area contributed by atoms with E-state index in [9.17, 15) is 17.6 Å². The summed E-state index contributed by atoms with van der Waals surface area (Å²) in [5, 5.41) is 0. The van der Waals surface area contributed by atoms with Gasteiger partial charge in [-0.1, -0.05) is 0 Å². The predicted molar refractivity (Wildman–Crippen MR) is 72.0 cm³/mol. The summed E-state index contributed by atoms with van der Waals surface area (Å²) in [6.45, 7) is 0. The van der Waals surface area contributed by atoms with Crippen LogP contribution in [0, 0.1) is 5.82 Å². The average molecular weight is 347 g/mol. The fraction of sp³-hybridized carbons (Fsp3) is 0. The second-order valence-corrected chi connectivity index (χ2v) is 6.16. The van der Waals surface area contributed by atoms with Crippen molar-refractivity contribution in [2.75, 3.05) is 4.72 Å². The van der Waals surface area contributed by atoms with E-state index in [1.54, 1.807) is 0 Å². The number of halogens is 2. The average Bonchev–Trinajstić information content (AvgIpc) is 2.34. The Labute approximate surface area is 116 Å². The molecule has 0 bridgehead atoms. The van der Waals surface area contributed by atoms with Crippen molar-refractivity contribution < 1.29 is 12.8 Å². The Morgan fingerprint density at radius 3 is 2.58 bits per heavy atom. The highest BCUT2D eigenvalue weighted by atomic mass is 79.9. The maximum atomic E-state index is 13.1. The first-order chi connectivity index (χ1) is 8.88. The SMILES string of the molecule is O=c1ccc(S(=O)(=O)Nc2cc(F)ccc2Br)c[nH]1. The Balaban J connectivity index is 2.39. The summed E-state index contributed by atoms with van der Waals surface area (Å²) in [7, 11) is -3.89. The van der Waals surface area contributed by atoms with Crippen molar-refractivity contribution in [1.82, 2.24) is 4.98 Å². The summed E-state index contributed by atoms with van der Waals surface area (Å²) in [5.74, 6) is -0.567. The van der Waals surface area contributed by atoms with Crippen LogP contribution in [-0.4, -0.2) is 13.4 Å². The van der Waals surface area contributed by atoms with Crippen LogP contribution in [0.4, 0.5) is 10.1 Å². The lowest BCUT2D eigenvalue weighted by molar-refractivity contribution is 0.600. The maximum Gasteiger partial charge on any atom is 0.263 e. The van der Waals surface area contributed by atoms with Crippen molar-refractivity contribution in [1.29, 1.82) is 0 Å². The van der Waals surface area contributed by atoms with E-state index >= 15 is 0 Å². The van der Waals surface area contributed by atoms with Crippen LogP contribution in [0.3, 0.4) is 0 Å². The minimum Gasteiger partial charge on any atom is -0.328 e. The van der Waals surface area contributed by atoms with Gasteiger partial charge < -0.3 is 4.98 Å². The van der Waals surface area contributed by atoms with Gasteiger partial charge in [-0.25, -0.2) is 12.8 Å². The van der Waals surface area contributed by atoms with Crippen molar-refractivity contribution in [3.63, 3.8) is 0 Å². The Kier molecular flexibility index (Phi) is 3.72. The Morgan fingerprint density at radius 2 is 1.95 bits per heavy atom. The topological polar surface area (TPSA) is 79.0 Å². The first-order valence-corrected chi connectivity index (χ1v) is 7.33. The number of pyridine rings is 1. The molecular weight excluding hydrogens is 339 g/mol. The summed E-state index contributed by atoms with van der Waals surface area (Å²) in [6.07, 6.45) is 1.07. The second kappa shape index (κ2) is 5.14. The molecule has 0 fully saturated rings. The highest BCUT2D eigenvalue weighted by Gasteiger charge is 2.16. The summed E-state index contributed by atoms with van der Waals surface area (Å²) in [6, 6.07) is 5.89. The molecule has 1 aromatic heterocycles. The van der Waals surface area contributed by atoms with Crippen molar-refractivity contribution in [3.8, 4) is 0 Å². The molecule has 2 rings (SSSR count). The van der Waals surface area contributed by atoms with Gasteiger partial charge in [0.2, 0.25) is 5.56 Å². The summed E-state index contributed by atoms with van der Waals surface area (Å²) in [5.41, 5.74) is -0.336. The standard InChI is InChI=1S/C11H8BrFN2O3S/c12-9-3-1-7(13)5-10(9)15-19(17,18)8-2-4-11(16)14-6-8/h1-6,15H,(H,14,16). The van der Waals surface area contributed by atoms with Gasteiger partial charge in [0.25, 0.3) is 10.0 Å². The van der Waals surface area contributed by atoms with Crippen molar-refractivity contribution in [2.45, 2.75) is 4.90 Å². The molecule has 100 valence electrons. The monoisotopic (exact) mass is 346 g/mol. The normalized spacial score (nSPS) is 11.3. The highest BCUT2D eigenvalue weighted by Crippen LogP contribution is 2.25. The zero-order valence-electron chi connectivity index (χ0n) is 9.35. The van der Waals surface area contributed by atoms with Gasteiger partial charge in [-0.3, -0.25) is 9.52 Å². The third-order valence-corrected chi connectivity index (χ3v) is 4.29. The number of H-pyrrole nitrogens is 1. The quantitative estimate of drug-likeness (QED) is 0.892. The molecule has 0 amide bonds. The zero-order chi connectivity index (χ0) is 14.0. The van der Waals surface area contributed by atoms with Crippen LogP contribution in [0.25, 0.3) is 0 Å². The van der Waals surface area contributed by atoms with Gasteiger partial charge in [-0.15, -0.1) is 0 Å². The van der Waals surface area contributed by atoms with Crippen LogP contribution in [0.1, 0.15) is 0 Å². The molecule has 1 heterocycles. The lowest BCUT2D eigenvalue weighted by Gasteiger charge is -2.09. The van der Waals surface area contributed by atoms with E-state index in [1.165, 1.54) is 12.1 Å². The zero-order valence-corrected chi connectivity index (χ0v) is 11.8. The molecule has 2 N–H and O–H groups in total. The van der Waals surface area contributed by atoms with Crippen LogP contribution in [0.15, 0.2) is 50.7 Å². The molecule has 0 spiro atoms. The van der Waals surface area contributed by atoms with Crippen LogP contribution in [-0.2, 0) is 10.0 Å². The molecule has 0 aliphatic rings. The fourth-order valence-corrected chi connectivity index (χ4v) is 2.86. The third kappa shape index (κ3) is 3.21. The van der Waals surface area contributed by atoms with Gasteiger partial charge in [0.1, 0.15) is 10.7 Å². The molecule has 0 radical (unpaired) electrons. The summed E-state index contributed by atoms with van der Waals surface area (Å²) >= 11 is 3.12. The number of aromatic nitrogens is 1. The molecule has 8 heteroatoms. The maximum absolute atomic E-state index is 13.1. The second-order valence-electron chi connectivity index (χ2n) is 3.62. The molecule has 0 aliphatic carbocycles. The van der Waals surface area contributed by atoms with Gasteiger partial charge >= 0.3 is 0 Å². The Bertz CT molecular complexity index is 753. The van der Waals surface area contributed by atoms with Crippen LogP contribution < -0.4 is 10.3 Å². The molecule has 19 heavy (non-hydrogen) atoms. The van der Waals surface area contributed by atoms with Gasteiger partial charge in [0.05, 0.1) is 5.69 Å². The number of benzene rings is 1. The molecule has 2 aromatic rings. The number of anilines is 1. The van der Waals surface area contributed by atoms with Crippen molar-refractivity contribution >= 4 is 31.6 Å². The van der Waals surface area contributed by atoms with Crippen LogP contribution >= 0.6 is 15.9 Å². The largest absolute Gasteiger partial charge is 0.328 e. The van der Waals surface area contributed by atoms with Gasteiger partial charge in [0, 0.05) is 16.7 Å². The molecular formula is C11H8BrFN2O3S. The first-order valence-electron chi connectivity index (χ1n) is 5.05. The van der Waals surface area contributed by atoms with Crippen molar-refractivity contribution in [2.24, 2.45) is 0 Å². The van der Waals surface area contributed by atoms with E-state index in [0.717, 1.165) is 24.4 Å². The number of aromatic amines is 1.